The Hall–Kier alpha value is 0.220. The van der Waals surface area contributed by atoms with Crippen LogP contribution in [0, 0.1) is 0 Å². The van der Waals surface area contributed by atoms with Crippen molar-refractivity contribution in [2.45, 2.75) is 6.42 Å². The molecule has 0 spiro atoms. The van der Waals surface area contributed by atoms with Gasteiger partial charge in [0.25, 0.3) is 0 Å². The molecule has 0 aromatic heterocycles. The molecule has 0 saturated heterocycles. The van der Waals surface area contributed by atoms with E-state index in [0.717, 1.165) is 0 Å². The van der Waals surface area contributed by atoms with Crippen molar-refractivity contribution in [3.63, 3.8) is 0 Å². The second-order valence-corrected chi connectivity index (χ2v) is 3.35. The van der Waals surface area contributed by atoms with Gasteiger partial charge in [-0.3, -0.25) is 0 Å². The molecular formula is C5H6Ta-. The first-order valence-corrected chi connectivity index (χ1v) is 3.55. The normalized spacial score (nSPS) is 18.3. The van der Waals surface area contributed by atoms with Crippen LogP contribution >= 0.6 is 0 Å². The van der Waals surface area contributed by atoms with Gasteiger partial charge >= 0.3 is 49.5 Å². The van der Waals surface area contributed by atoms with Crippen LogP contribution < -0.4 is 0 Å². The van der Waals surface area contributed by atoms with Crippen molar-refractivity contribution >= 4 is 0 Å². The molecule has 0 amide bonds. The Kier molecular flexibility index (Phi) is 1.30. The Bertz CT molecular complexity index is 105. The van der Waals surface area contributed by atoms with Crippen LogP contribution in [0.3, 0.4) is 0 Å². The topological polar surface area (TPSA) is 0 Å². The summed E-state index contributed by atoms with van der Waals surface area (Å²) in [4.78, 5) is 0. The molecule has 0 saturated carbocycles. The van der Waals surface area contributed by atoms with Crippen LogP contribution in [-0.4, -0.2) is 0 Å². The molecule has 0 aromatic carbocycles. The number of hydrogen-bond donors (Lipinski definition) is 0. The summed E-state index contributed by atoms with van der Waals surface area (Å²) in [5.41, 5.74) is 0. The number of hydrogen-bond acceptors (Lipinski definition) is 0. The van der Waals surface area contributed by atoms with Gasteiger partial charge in [-0.15, -0.1) is 0 Å². The van der Waals surface area contributed by atoms with Gasteiger partial charge in [-0.05, 0) is 0 Å². The molecule has 1 heteroatoms. The van der Waals surface area contributed by atoms with Crippen molar-refractivity contribution < 1.29 is 22.5 Å². The van der Waals surface area contributed by atoms with Crippen molar-refractivity contribution in [2.24, 2.45) is 0 Å². The quantitative estimate of drug-likeness (QED) is 0.608. The summed E-state index contributed by atoms with van der Waals surface area (Å²) in [7, 11) is 0. The van der Waals surface area contributed by atoms with Crippen molar-refractivity contribution in [1.82, 2.24) is 0 Å². The predicted octanol–water partition coefficient (Wildman–Crippen LogP) is 1.49. The standard InChI is InChI=1S/C5H5.Ta.H/c1-2-4-5-3-1;;/h1-3H,4H2;;/q;;-1. The summed E-state index contributed by atoms with van der Waals surface area (Å²) in [6.45, 7) is 0. The van der Waals surface area contributed by atoms with E-state index >= 15 is 0 Å². The summed E-state index contributed by atoms with van der Waals surface area (Å²) in [5, 5.41) is 0. The van der Waals surface area contributed by atoms with E-state index in [2.05, 4.69) is 18.2 Å². The minimum absolute atomic E-state index is 0. The van der Waals surface area contributed by atoms with Crippen LogP contribution in [0.5, 0.6) is 0 Å². The maximum atomic E-state index is 2.19. The van der Waals surface area contributed by atoms with E-state index in [1.165, 1.54) is 27.5 Å². The van der Waals surface area contributed by atoms with Gasteiger partial charge in [-0.2, -0.15) is 0 Å². The van der Waals surface area contributed by atoms with Gasteiger partial charge in [0.1, 0.15) is 0 Å². The van der Waals surface area contributed by atoms with Crippen molar-refractivity contribution in [2.75, 3.05) is 0 Å². The molecule has 1 aliphatic rings. The first-order chi connectivity index (χ1) is 2.89. The molecule has 0 radical (unpaired) electrons. The van der Waals surface area contributed by atoms with Gasteiger partial charge in [-0.25, -0.2) is 0 Å². The molecule has 1 aliphatic carbocycles. The van der Waals surface area contributed by atoms with Crippen molar-refractivity contribution in [1.29, 1.82) is 0 Å². The van der Waals surface area contributed by atoms with Crippen LogP contribution in [-0.2, 0) is 21.1 Å². The third-order valence-corrected chi connectivity index (χ3v) is 1.94. The molecule has 32 valence electrons. The first-order valence-electron chi connectivity index (χ1n) is 1.94. The van der Waals surface area contributed by atoms with E-state index in [1.807, 2.05) is 0 Å². The molecule has 0 bridgehead atoms. The van der Waals surface area contributed by atoms with Gasteiger partial charge in [0.2, 0.25) is 0 Å². The van der Waals surface area contributed by atoms with Crippen LogP contribution in [0.15, 0.2) is 22.0 Å². The molecule has 0 unspecified atom stereocenters. The van der Waals surface area contributed by atoms with E-state index in [9.17, 15) is 0 Å². The Morgan fingerprint density at radius 3 is 2.83 bits per heavy atom. The average molecular weight is 247 g/mol. The van der Waals surface area contributed by atoms with E-state index in [-0.39, 0.29) is 1.43 Å². The van der Waals surface area contributed by atoms with Crippen LogP contribution in [0.25, 0.3) is 0 Å². The molecule has 0 heterocycles. The van der Waals surface area contributed by atoms with Crippen LogP contribution in [0.2, 0.25) is 0 Å². The Balaban J connectivity index is 0.000000360. The molecule has 0 aromatic rings. The monoisotopic (exact) mass is 247 g/mol. The van der Waals surface area contributed by atoms with E-state index in [1.54, 1.807) is 3.79 Å². The fraction of sp³-hybridized carbons (Fsp3) is 0.200. The van der Waals surface area contributed by atoms with Gasteiger partial charge in [-0.1, -0.05) is 0 Å². The van der Waals surface area contributed by atoms with E-state index < -0.39 is 0 Å². The maximum absolute atomic E-state index is 2.19. The summed E-state index contributed by atoms with van der Waals surface area (Å²) in [6.07, 6.45) is 7.71. The van der Waals surface area contributed by atoms with E-state index in [4.69, 9.17) is 0 Å². The Morgan fingerprint density at radius 1 is 1.83 bits per heavy atom. The summed E-state index contributed by atoms with van der Waals surface area (Å²) in [5.74, 6) is 0. The van der Waals surface area contributed by atoms with Gasteiger partial charge in [0.05, 0.1) is 0 Å². The molecule has 0 N–H and O–H groups in total. The molecular weight excluding hydrogens is 241 g/mol. The minimum atomic E-state index is 0. The fourth-order valence-corrected chi connectivity index (χ4v) is 1.12. The molecule has 0 nitrogen and oxygen atoms in total. The zero-order valence-electron chi connectivity index (χ0n) is 4.39. The summed E-state index contributed by atoms with van der Waals surface area (Å²) < 4.78 is 1.58. The third kappa shape index (κ3) is 0.839. The SMILES string of the molecule is [H-].[Ta][C]1=CC=CC1. The average Bonchev–Trinajstić information content (AvgIpc) is 1.86. The van der Waals surface area contributed by atoms with Crippen LogP contribution in [0.1, 0.15) is 7.85 Å². The second kappa shape index (κ2) is 1.78. The number of allylic oxidation sites excluding steroid dienone is 4. The van der Waals surface area contributed by atoms with Crippen molar-refractivity contribution in [3.8, 4) is 0 Å². The Morgan fingerprint density at radius 2 is 2.67 bits per heavy atom. The van der Waals surface area contributed by atoms with Gasteiger partial charge in [0, 0.05) is 0 Å². The van der Waals surface area contributed by atoms with Gasteiger partial charge in [0.15, 0.2) is 0 Å². The van der Waals surface area contributed by atoms with Crippen LogP contribution in [0.4, 0.5) is 0 Å². The summed E-state index contributed by atoms with van der Waals surface area (Å²) >= 11 is 1.43. The first kappa shape index (κ1) is 4.38. The molecule has 0 atom stereocenters. The fourth-order valence-electron chi connectivity index (χ4n) is 0.436. The van der Waals surface area contributed by atoms with Crippen molar-refractivity contribution in [3.05, 3.63) is 22.0 Å². The summed E-state index contributed by atoms with van der Waals surface area (Å²) in [6, 6.07) is 0. The molecule has 6 heavy (non-hydrogen) atoms. The zero-order chi connectivity index (χ0) is 4.41. The second-order valence-electron chi connectivity index (χ2n) is 1.29. The molecule has 0 aliphatic heterocycles. The Labute approximate surface area is 51.3 Å². The predicted molar refractivity (Wildman–Crippen MR) is 23.0 cm³/mol. The zero-order valence-corrected chi connectivity index (χ0v) is 6.60. The molecule has 0 fully saturated rings. The van der Waals surface area contributed by atoms with E-state index in [0.29, 0.717) is 0 Å². The molecule has 1 rings (SSSR count). The number of rotatable bonds is 0. The van der Waals surface area contributed by atoms with Gasteiger partial charge < -0.3 is 1.43 Å². The third-order valence-electron chi connectivity index (χ3n) is 0.752.